The molecule has 0 spiro atoms. The molecule has 0 bridgehead atoms. The van der Waals surface area contributed by atoms with Gasteiger partial charge in [-0.3, -0.25) is 14.4 Å². The van der Waals surface area contributed by atoms with Gasteiger partial charge in [-0.25, -0.2) is 15.0 Å². The summed E-state index contributed by atoms with van der Waals surface area (Å²) in [6, 6.07) is 6.33. The van der Waals surface area contributed by atoms with E-state index in [4.69, 9.17) is 10.8 Å². The second-order valence-corrected chi connectivity index (χ2v) is 7.11. The Morgan fingerprint density at radius 1 is 1.12 bits per heavy atom. The predicted octanol–water partition coefficient (Wildman–Crippen LogP) is 4.44. The summed E-state index contributed by atoms with van der Waals surface area (Å²) in [6.45, 7) is 1.87. The summed E-state index contributed by atoms with van der Waals surface area (Å²) >= 11 is 1.61. The summed E-state index contributed by atoms with van der Waals surface area (Å²) in [5.74, 6) is -3.29. The topological polar surface area (TPSA) is 181 Å². The van der Waals surface area contributed by atoms with Crippen molar-refractivity contribution in [1.29, 1.82) is 0 Å². The van der Waals surface area contributed by atoms with E-state index < -0.39 is 17.9 Å². The van der Waals surface area contributed by atoms with E-state index in [0.29, 0.717) is 33.9 Å². The molecular formula is C21H20ClN6O5Pt-2. The Hall–Kier alpha value is -3.17. The quantitative estimate of drug-likeness (QED) is 0.296. The molecule has 34 heavy (non-hydrogen) atoms. The number of hydrogen-bond donors (Lipinski definition) is 2. The molecule has 3 rings (SSSR count). The van der Waals surface area contributed by atoms with Crippen LogP contribution in [0.4, 0.5) is 11.5 Å². The number of hydrogen-bond acceptors (Lipinski definition) is 7. The van der Waals surface area contributed by atoms with Crippen LogP contribution in [0.15, 0.2) is 30.5 Å². The van der Waals surface area contributed by atoms with E-state index in [1.807, 2.05) is 0 Å². The van der Waals surface area contributed by atoms with Crippen molar-refractivity contribution in [2.24, 2.45) is 5.92 Å². The molecule has 183 valence electrons. The second-order valence-electron chi connectivity index (χ2n) is 7.11. The molecule has 11 nitrogen and oxygen atoms in total. The molecule has 0 fully saturated rings. The minimum atomic E-state index is -1.20. The van der Waals surface area contributed by atoms with Gasteiger partial charge in [-0.05, 0) is 19.2 Å². The van der Waals surface area contributed by atoms with E-state index in [1.165, 1.54) is 6.20 Å². The first-order valence-corrected chi connectivity index (χ1v) is 12.6. The molecule has 0 amide bonds. The number of fused-ring (bicyclic) bond motifs is 1. The van der Waals surface area contributed by atoms with Gasteiger partial charge in [0.25, 0.3) is 0 Å². The van der Waals surface area contributed by atoms with Crippen LogP contribution in [0.5, 0.6) is 0 Å². The van der Waals surface area contributed by atoms with Crippen molar-refractivity contribution >= 4 is 49.8 Å². The first kappa shape index (κ1) is 27.1. The number of aryl methyl sites for hydroxylation is 1. The molecule has 2 aromatic heterocycles. The molecule has 1 unspecified atom stereocenters. The number of nitrogens with zero attached hydrogens (tertiary/aromatic N) is 5. The van der Waals surface area contributed by atoms with Gasteiger partial charge in [-0.15, -0.1) is 5.69 Å². The third-order valence-corrected chi connectivity index (χ3v) is 4.67. The minimum absolute atomic E-state index is 0.00673. The van der Waals surface area contributed by atoms with Crippen LogP contribution in [0.2, 0.25) is 0 Å². The van der Waals surface area contributed by atoms with Crippen LogP contribution in [0, 0.1) is 12.8 Å². The number of benzene rings is 1. The van der Waals surface area contributed by atoms with Gasteiger partial charge in [0.2, 0.25) is 0 Å². The van der Waals surface area contributed by atoms with Crippen LogP contribution < -0.4 is 0 Å². The number of Topliss-reactive ketones (excluding diaryl/α,β-unsaturated/α-hetero) is 1. The van der Waals surface area contributed by atoms with Crippen LogP contribution >= 0.6 is 9.42 Å². The number of ketones is 1. The summed E-state index contributed by atoms with van der Waals surface area (Å²) in [6.07, 6.45) is 0.829. The molecule has 13 heteroatoms. The van der Waals surface area contributed by atoms with Gasteiger partial charge >= 0.3 is 40.1 Å². The van der Waals surface area contributed by atoms with Crippen molar-refractivity contribution in [3.8, 4) is 0 Å². The molecule has 1 atom stereocenters. The molecule has 0 aliphatic rings. The Labute approximate surface area is 210 Å². The Bertz CT molecular complexity index is 1180. The molecule has 0 aliphatic carbocycles. The zero-order valence-corrected chi connectivity index (χ0v) is 20.9. The van der Waals surface area contributed by atoms with E-state index in [1.54, 1.807) is 50.0 Å². The van der Waals surface area contributed by atoms with Gasteiger partial charge in [0.05, 0.1) is 5.92 Å². The number of carboxylic acid groups (broad SMARTS) is 2. The molecule has 0 saturated heterocycles. The van der Waals surface area contributed by atoms with Gasteiger partial charge in [0.15, 0.2) is 11.4 Å². The van der Waals surface area contributed by atoms with E-state index in [2.05, 4.69) is 34.7 Å². The van der Waals surface area contributed by atoms with Gasteiger partial charge in [0, 0.05) is 36.1 Å². The molecule has 1 aromatic carbocycles. The Kier molecular flexibility index (Phi) is 10.3. The number of aliphatic carboxylic acids is 2. The van der Waals surface area contributed by atoms with Crippen molar-refractivity contribution in [2.75, 3.05) is 0 Å². The van der Waals surface area contributed by atoms with Crippen molar-refractivity contribution < 1.29 is 43.4 Å². The van der Waals surface area contributed by atoms with E-state index >= 15 is 0 Å². The van der Waals surface area contributed by atoms with Crippen molar-refractivity contribution in [3.05, 3.63) is 58.6 Å². The maximum atomic E-state index is 12.4. The molecule has 0 radical (unpaired) electrons. The van der Waals surface area contributed by atoms with E-state index in [-0.39, 0.29) is 37.4 Å². The molecule has 0 aliphatic heterocycles. The number of carbonyl (C=O) groups excluding carboxylic acids is 1. The first-order valence-electron chi connectivity index (χ1n) is 9.82. The van der Waals surface area contributed by atoms with Crippen molar-refractivity contribution in [2.45, 2.75) is 32.7 Å². The zero-order chi connectivity index (χ0) is 25.3. The molecule has 0 saturated carbocycles. The summed E-state index contributed by atoms with van der Waals surface area (Å²) < 4.78 is 0. The van der Waals surface area contributed by atoms with Crippen LogP contribution in [0.25, 0.3) is 22.2 Å². The fraction of sp³-hybridized carbons (Fsp3) is 0.286. The molecule has 3 aromatic rings. The van der Waals surface area contributed by atoms with Gasteiger partial charge in [-0.2, -0.15) is 0 Å². The maximum absolute atomic E-state index is 12.4. The molecular weight excluding hydrogens is 647 g/mol. The van der Waals surface area contributed by atoms with Crippen LogP contribution in [0.1, 0.15) is 41.1 Å². The summed E-state index contributed by atoms with van der Waals surface area (Å²) in [5.41, 5.74) is 9.97. The van der Waals surface area contributed by atoms with Crippen LogP contribution in [-0.4, -0.2) is 47.9 Å². The number of halogens is 1. The summed E-state index contributed by atoms with van der Waals surface area (Å²) in [7, 11) is 4.61. The van der Waals surface area contributed by atoms with Gasteiger partial charge in [-0.1, -0.05) is 30.8 Å². The average Bonchev–Trinajstić information content (AvgIpc) is 2.81. The van der Waals surface area contributed by atoms with Crippen LogP contribution in [-0.2, 0) is 34.9 Å². The molecule has 3 N–H and O–H groups in total. The van der Waals surface area contributed by atoms with Crippen molar-refractivity contribution in [3.63, 3.8) is 0 Å². The van der Waals surface area contributed by atoms with Gasteiger partial charge in [0.1, 0.15) is 5.52 Å². The van der Waals surface area contributed by atoms with E-state index in [9.17, 15) is 19.5 Å². The Morgan fingerprint density at radius 3 is 2.41 bits per heavy atom. The summed E-state index contributed by atoms with van der Waals surface area (Å²) in [5, 5.41) is 22.3. The summed E-state index contributed by atoms with van der Waals surface area (Å²) in [4.78, 5) is 51.0. The second kappa shape index (κ2) is 12.9. The number of carbonyl (C=O) groups is 3. The Balaban J connectivity index is 0.00000199. The SMILES string of the molecule is Cc1nc([NH-])c2nc(C[N-]c3ccc(C(=O)CC(CCC(=O)O)C(=O)O)cc3)cnc2n1.[Cl][Pt]. The number of rotatable bonds is 10. The molecule has 2 heterocycles. The Morgan fingerprint density at radius 2 is 1.79 bits per heavy atom. The number of aromatic nitrogens is 4. The normalized spacial score (nSPS) is 11.3. The number of carboxylic acids is 2. The van der Waals surface area contributed by atoms with E-state index in [0.717, 1.165) is 0 Å². The average molecular weight is 667 g/mol. The zero-order valence-electron chi connectivity index (χ0n) is 17.8. The fourth-order valence-electron chi connectivity index (χ4n) is 3.01. The number of nitrogens with one attached hydrogen (secondary N) is 1. The third-order valence-electron chi connectivity index (χ3n) is 4.67. The predicted molar refractivity (Wildman–Crippen MR) is 120 cm³/mol. The fourth-order valence-corrected chi connectivity index (χ4v) is 3.01. The standard InChI is InChI=1S/C21H22N6O5.ClH.Pt/c1-11-25-19(22)18-20(26-11)24-10-15(27-18)9-23-14-5-2-12(3-6-14)16(28)8-13(21(31)32)4-7-17(29)30;;/h2-3,5-6,10,13H,4,7-9H2,1H3,(H5,22,23,24,25,26,28,29,30,31,32);1H;/q;;+1/p-3. The first-order chi connectivity index (χ1) is 16.2. The van der Waals surface area contributed by atoms with Gasteiger partial charge < -0.3 is 26.2 Å². The van der Waals surface area contributed by atoms with Crippen molar-refractivity contribution in [1.82, 2.24) is 19.9 Å². The third kappa shape index (κ3) is 7.70. The monoisotopic (exact) mass is 666 g/mol. The van der Waals surface area contributed by atoms with Crippen LogP contribution in [0.3, 0.4) is 0 Å².